The molecule has 0 saturated heterocycles. The lowest BCUT2D eigenvalue weighted by Crippen LogP contribution is -2.29. The predicted octanol–water partition coefficient (Wildman–Crippen LogP) is 4.08. The maximum absolute atomic E-state index is 12.0. The summed E-state index contributed by atoms with van der Waals surface area (Å²) in [6, 6.07) is 6.25. The third-order valence-electron chi connectivity index (χ3n) is 4.15. The first-order valence-electron chi connectivity index (χ1n) is 7.94. The van der Waals surface area contributed by atoms with E-state index >= 15 is 0 Å². The Bertz CT molecular complexity index is 475. The molecule has 1 aromatic rings. The number of benzene rings is 1. The van der Waals surface area contributed by atoms with Gasteiger partial charge in [-0.05, 0) is 57.6 Å². The average Bonchev–Trinajstić information content (AvgIpc) is 2.47. The summed E-state index contributed by atoms with van der Waals surface area (Å²) < 4.78 is 11.2. The van der Waals surface area contributed by atoms with Crippen molar-refractivity contribution < 1.29 is 14.3 Å². The lowest BCUT2D eigenvalue weighted by Gasteiger charge is -2.23. The third kappa shape index (κ3) is 4.85. The molecule has 0 aliphatic heterocycles. The van der Waals surface area contributed by atoms with Crippen molar-refractivity contribution >= 4 is 5.97 Å². The second-order valence-electron chi connectivity index (χ2n) is 6.08. The van der Waals surface area contributed by atoms with Crippen LogP contribution in [0, 0.1) is 13.8 Å². The summed E-state index contributed by atoms with van der Waals surface area (Å²) in [4.78, 5) is 12.0. The van der Waals surface area contributed by atoms with Crippen LogP contribution in [0.25, 0.3) is 0 Å². The Morgan fingerprint density at radius 3 is 2.62 bits per heavy atom. The zero-order valence-corrected chi connectivity index (χ0v) is 13.4. The smallest absolute Gasteiger partial charge is 0.335 e. The largest absolute Gasteiger partial charge is 0.460 e. The first kappa shape index (κ1) is 16.0. The van der Waals surface area contributed by atoms with Gasteiger partial charge in [0.2, 0.25) is 0 Å². The molecular weight excluding hydrogens is 264 g/mol. The minimum Gasteiger partial charge on any atom is -0.460 e. The van der Waals surface area contributed by atoms with Gasteiger partial charge in [0.25, 0.3) is 0 Å². The monoisotopic (exact) mass is 290 g/mol. The summed E-state index contributed by atoms with van der Waals surface area (Å²) in [5.74, 6) is -0.230. The van der Waals surface area contributed by atoms with Crippen molar-refractivity contribution in [3.05, 3.63) is 34.9 Å². The summed E-state index contributed by atoms with van der Waals surface area (Å²) in [6.45, 7) is 6.36. The van der Waals surface area contributed by atoms with Crippen LogP contribution in [0.4, 0.5) is 0 Å². The highest BCUT2D eigenvalue weighted by molar-refractivity contribution is 5.74. The second kappa shape index (κ2) is 7.60. The molecule has 1 aliphatic carbocycles. The first-order valence-corrected chi connectivity index (χ1v) is 7.94. The highest BCUT2D eigenvalue weighted by Crippen LogP contribution is 2.21. The Kier molecular flexibility index (Phi) is 5.80. The first-order chi connectivity index (χ1) is 10.1. The number of rotatable bonds is 5. The standard InChI is InChI=1S/C18H26O3/c1-13-9-10-16(14(2)11-13)12-20-15(3)18(19)21-17-7-5-4-6-8-17/h9-11,15,17H,4-8,12H2,1-3H3. The molecule has 1 fully saturated rings. The molecular formula is C18H26O3. The lowest BCUT2D eigenvalue weighted by atomic mass is 9.98. The Hall–Kier alpha value is -1.35. The van der Waals surface area contributed by atoms with Gasteiger partial charge in [-0.2, -0.15) is 0 Å². The van der Waals surface area contributed by atoms with Crippen molar-refractivity contribution in [2.24, 2.45) is 0 Å². The molecule has 1 atom stereocenters. The molecule has 3 nitrogen and oxygen atoms in total. The van der Waals surface area contributed by atoms with E-state index in [0.717, 1.165) is 31.2 Å². The summed E-state index contributed by atoms with van der Waals surface area (Å²) >= 11 is 0. The summed E-state index contributed by atoms with van der Waals surface area (Å²) in [7, 11) is 0. The number of hydrogen-bond donors (Lipinski definition) is 0. The van der Waals surface area contributed by atoms with Gasteiger partial charge in [0.15, 0.2) is 6.10 Å². The van der Waals surface area contributed by atoms with E-state index in [0.29, 0.717) is 6.61 Å². The van der Waals surface area contributed by atoms with Crippen LogP contribution in [-0.2, 0) is 20.9 Å². The van der Waals surface area contributed by atoms with Crippen LogP contribution in [0.5, 0.6) is 0 Å². The van der Waals surface area contributed by atoms with Gasteiger partial charge in [-0.1, -0.05) is 30.2 Å². The molecule has 1 saturated carbocycles. The van der Waals surface area contributed by atoms with E-state index < -0.39 is 6.10 Å². The van der Waals surface area contributed by atoms with Crippen molar-refractivity contribution in [1.82, 2.24) is 0 Å². The van der Waals surface area contributed by atoms with Gasteiger partial charge in [-0.25, -0.2) is 4.79 Å². The molecule has 3 heteroatoms. The van der Waals surface area contributed by atoms with E-state index in [1.54, 1.807) is 6.92 Å². The molecule has 0 bridgehead atoms. The van der Waals surface area contributed by atoms with Crippen LogP contribution in [0.3, 0.4) is 0 Å². The van der Waals surface area contributed by atoms with Gasteiger partial charge < -0.3 is 9.47 Å². The van der Waals surface area contributed by atoms with E-state index in [4.69, 9.17) is 9.47 Å². The maximum atomic E-state index is 12.0. The molecule has 0 N–H and O–H groups in total. The fourth-order valence-electron chi connectivity index (χ4n) is 2.73. The van der Waals surface area contributed by atoms with E-state index in [2.05, 4.69) is 32.0 Å². The highest BCUT2D eigenvalue weighted by Gasteiger charge is 2.22. The fraction of sp³-hybridized carbons (Fsp3) is 0.611. The lowest BCUT2D eigenvalue weighted by molar-refractivity contribution is -0.163. The third-order valence-corrected chi connectivity index (χ3v) is 4.15. The van der Waals surface area contributed by atoms with Crippen molar-refractivity contribution in [2.45, 2.75) is 71.7 Å². The number of carbonyl (C=O) groups is 1. The predicted molar refractivity (Wildman–Crippen MR) is 83.1 cm³/mol. The normalized spacial score (nSPS) is 17.5. The average molecular weight is 290 g/mol. The van der Waals surface area contributed by atoms with E-state index in [1.807, 2.05) is 0 Å². The van der Waals surface area contributed by atoms with E-state index in [1.165, 1.54) is 17.5 Å². The number of esters is 1. The van der Waals surface area contributed by atoms with Crippen LogP contribution < -0.4 is 0 Å². The van der Waals surface area contributed by atoms with Gasteiger partial charge in [0.05, 0.1) is 6.61 Å². The molecule has 0 amide bonds. The zero-order chi connectivity index (χ0) is 15.2. The molecule has 0 heterocycles. The second-order valence-corrected chi connectivity index (χ2v) is 6.08. The minimum absolute atomic E-state index is 0.0958. The van der Waals surface area contributed by atoms with Crippen molar-refractivity contribution in [3.63, 3.8) is 0 Å². The Morgan fingerprint density at radius 2 is 1.95 bits per heavy atom. The quantitative estimate of drug-likeness (QED) is 0.766. The highest BCUT2D eigenvalue weighted by atomic mass is 16.6. The molecule has 1 aromatic carbocycles. The summed E-state index contributed by atoms with van der Waals surface area (Å²) in [5.41, 5.74) is 3.56. The molecule has 0 aromatic heterocycles. The van der Waals surface area contributed by atoms with Gasteiger partial charge in [-0.15, -0.1) is 0 Å². The van der Waals surface area contributed by atoms with Gasteiger partial charge in [0, 0.05) is 0 Å². The Balaban J connectivity index is 1.80. The summed E-state index contributed by atoms with van der Waals surface area (Å²) in [6.07, 6.45) is 5.16. The Labute approximate surface area is 127 Å². The van der Waals surface area contributed by atoms with Crippen molar-refractivity contribution in [1.29, 1.82) is 0 Å². The number of ether oxygens (including phenoxy) is 2. The van der Waals surface area contributed by atoms with Crippen LogP contribution in [0.1, 0.15) is 55.7 Å². The minimum atomic E-state index is -0.507. The molecule has 21 heavy (non-hydrogen) atoms. The van der Waals surface area contributed by atoms with Crippen LogP contribution in [0.15, 0.2) is 18.2 Å². The topological polar surface area (TPSA) is 35.5 Å². The molecule has 0 spiro atoms. The van der Waals surface area contributed by atoms with Gasteiger partial charge >= 0.3 is 5.97 Å². The van der Waals surface area contributed by atoms with E-state index in [9.17, 15) is 4.79 Å². The summed E-state index contributed by atoms with van der Waals surface area (Å²) in [5, 5.41) is 0. The number of carbonyl (C=O) groups excluding carboxylic acids is 1. The van der Waals surface area contributed by atoms with E-state index in [-0.39, 0.29) is 12.1 Å². The molecule has 1 aliphatic rings. The molecule has 1 unspecified atom stereocenters. The van der Waals surface area contributed by atoms with Gasteiger partial charge in [0.1, 0.15) is 6.10 Å². The van der Waals surface area contributed by atoms with Crippen molar-refractivity contribution in [3.8, 4) is 0 Å². The molecule has 116 valence electrons. The number of hydrogen-bond acceptors (Lipinski definition) is 3. The van der Waals surface area contributed by atoms with Crippen LogP contribution in [-0.4, -0.2) is 18.2 Å². The molecule has 2 rings (SSSR count). The van der Waals surface area contributed by atoms with Crippen LogP contribution >= 0.6 is 0 Å². The SMILES string of the molecule is Cc1ccc(COC(C)C(=O)OC2CCCCC2)c(C)c1. The number of aryl methyl sites for hydroxylation is 2. The Morgan fingerprint density at radius 1 is 1.24 bits per heavy atom. The zero-order valence-electron chi connectivity index (χ0n) is 13.4. The van der Waals surface area contributed by atoms with Gasteiger partial charge in [-0.3, -0.25) is 0 Å². The molecule has 0 radical (unpaired) electrons. The van der Waals surface area contributed by atoms with Crippen LogP contribution in [0.2, 0.25) is 0 Å². The fourth-order valence-corrected chi connectivity index (χ4v) is 2.73. The van der Waals surface area contributed by atoms with Crippen molar-refractivity contribution in [2.75, 3.05) is 0 Å². The maximum Gasteiger partial charge on any atom is 0.335 e.